The molecule has 0 aliphatic rings. The quantitative estimate of drug-likeness (QED) is 0.793. The van der Waals surface area contributed by atoms with Gasteiger partial charge >= 0.3 is 5.56 Å². The Balaban J connectivity index is 2.87. The van der Waals surface area contributed by atoms with E-state index in [4.69, 9.17) is 0 Å². The van der Waals surface area contributed by atoms with Crippen molar-refractivity contribution in [3.63, 3.8) is 0 Å². The van der Waals surface area contributed by atoms with Crippen molar-refractivity contribution in [2.75, 3.05) is 0 Å². The van der Waals surface area contributed by atoms with Crippen molar-refractivity contribution in [2.24, 2.45) is 13.0 Å². The van der Waals surface area contributed by atoms with Crippen molar-refractivity contribution in [1.29, 1.82) is 0 Å². The summed E-state index contributed by atoms with van der Waals surface area (Å²) in [7, 11) is 1.53. The molecule has 2 aromatic rings. The van der Waals surface area contributed by atoms with E-state index in [0.29, 0.717) is 4.73 Å². The number of aromatic nitrogens is 2. The summed E-state index contributed by atoms with van der Waals surface area (Å²) < 4.78 is 1.69. The highest BCUT2D eigenvalue weighted by Crippen LogP contribution is 1.97. The first-order valence-corrected chi connectivity index (χ1v) is 6.71. The molecule has 0 bridgehead atoms. The minimum absolute atomic E-state index is 0.0605. The summed E-state index contributed by atoms with van der Waals surface area (Å²) >= 11 is 0. The van der Waals surface area contributed by atoms with Crippen LogP contribution in [-0.4, -0.2) is 14.5 Å². The maximum atomic E-state index is 12.3. The molecule has 2 rings (SSSR count). The Morgan fingerprint density at radius 2 is 1.67 bits per heavy atom. The molecule has 0 aliphatic heterocycles. The Bertz CT molecular complexity index is 875. The first-order chi connectivity index (χ1) is 9.91. The van der Waals surface area contributed by atoms with Crippen molar-refractivity contribution >= 4 is 12.2 Å². The lowest BCUT2D eigenvalue weighted by Gasteiger charge is -2.04. The van der Waals surface area contributed by atoms with Crippen LogP contribution in [0, 0.1) is 5.92 Å². The predicted molar refractivity (Wildman–Crippen MR) is 81.7 cm³/mol. The summed E-state index contributed by atoms with van der Waals surface area (Å²) in [5, 5.41) is 10.1. The standard InChI is InChI=1S/C16H18N2O3/c1-11(2)9-13-16(20)18(21)14(15(19)17(13)3)10-12-7-5-4-6-8-12/h4-11,21H,1-3H3/b13-9+,14-10+. The summed E-state index contributed by atoms with van der Waals surface area (Å²) in [6.45, 7) is 3.80. The van der Waals surface area contributed by atoms with Gasteiger partial charge in [-0.15, -0.1) is 4.73 Å². The summed E-state index contributed by atoms with van der Waals surface area (Å²) in [4.78, 5) is 24.5. The lowest BCUT2D eigenvalue weighted by molar-refractivity contribution is 0.161. The van der Waals surface area contributed by atoms with Gasteiger partial charge in [0.1, 0.15) is 10.7 Å². The fraction of sp³-hybridized carbons (Fsp3) is 0.250. The predicted octanol–water partition coefficient (Wildman–Crippen LogP) is 0.0496. The van der Waals surface area contributed by atoms with Crippen LogP contribution >= 0.6 is 0 Å². The van der Waals surface area contributed by atoms with Gasteiger partial charge in [-0.05, 0) is 17.6 Å². The zero-order valence-corrected chi connectivity index (χ0v) is 12.3. The van der Waals surface area contributed by atoms with Gasteiger partial charge in [-0.25, -0.2) is 0 Å². The van der Waals surface area contributed by atoms with Crippen LogP contribution in [0.4, 0.5) is 0 Å². The highest BCUT2D eigenvalue weighted by Gasteiger charge is 2.07. The second kappa shape index (κ2) is 5.83. The molecule has 0 unspecified atom stereocenters. The van der Waals surface area contributed by atoms with Gasteiger partial charge < -0.3 is 9.77 Å². The molecule has 0 spiro atoms. The molecule has 0 radical (unpaired) electrons. The van der Waals surface area contributed by atoms with Crippen LogP contribution in [0.25, 0.3) is 12.2 Å². The fourth-order valence-corrected chi connectivity index (χ4v) is 2.06. The molecular formula is C16H18N2O3. The third kappa shape index (κ3) is 2.97. The first kappa shape index (κ1) is 14.8. The van der Waals surface area contributed by atoms with E-state index in [1.807, 2.05) is 32.0 Å². The molecule has 1 heterocycles. The number of benzene rings is 1. The van der Waals surface area contributed by atoms with E-state index in [9.17, 15) is 14.8 Å². The van der Waals surface area contributed by atoms with Gasteiger partial charge in [0.2, 0.25) is 0 Å². The molecule has 1 aromatic carbocycles. The van der Waals surface area contributed by atoms with E-state index in [1.54, 1.807) is 18.2 Å². The average Bonchev–Trinajstić information content (AvgIpc) is 2.47. The van der Waals surface area contributed by atoms with E-state index in [0.717, 1.165) is 5.56 Å². The molecule has 1 N–H and O–H groups in total. The van der Waals surface area contributed by atoms with Gasteiger partial charge in [0, 0.05) is 7.05 Å². The first-order valence-electron chi connectivity index (χ1n) is 6.71. The van der Waals surface area contributed by atoms with Crippen molar-refractivity contribution < 1.29 is 5.21 Å². The molecular weight excluding hydrogens is 268 g/mol. The minimum atomic E-state index is -0.604. The fourth-order valence-electron chi connectivity index (χ4n) is 2.06. The number of hydrogen-bond acceptors (Lipinski definition) is 3. The largest absolute Gasteiger partial charge is 0.425 e. The topological polar surface area (TPSA) is 64.2 Å². The van der Waals surface area contributed by atoms with Crippen LogP contribution in [-0.2, 0) is 7.05 Å². The Hall–Kier alpha value is -2.56. The van der Waals surface area contributed by atoms with E-state index < -0.39 is 11.1 Å². The molecule has 110 valence electrons. The Kier molecular flexibility index (Phi) is 4.12. The third-order valence-corrected chi connectivity index (χ3v) is 3.12. The molecule has 1 aromatic heterocycles. The highest BCUT2D eigenvalue weighted by atomic mass is 16.5. The van der Waals surface area contributed by atoms with Crippen LogP contribution in [0.1, 0.15) is 19.4 Å². The van der Waals surface area contributed by atoms with Crippen molar-refractivity contribution in [3.8, 4) is 0 Å². The molecule has 0 amide bonds. The summed E-state index contributed by atoms with van der Waals surface area (Å²) in [5.41, 5.74) is -0.293. The summed E-state index contributed by atoms with van der Waals surface area (Å²) in [5.74, 6) is 0.0900. The van der Waals surface area contributed by atoms with Gasteiger partial charge in [0.25, 0.3) is 5.56 Å². The van der Waals surface area contributed by atoms with E-state index in [1.165, 1.54) is 17.7 Å². The third-order valence-electron chi connectivity index (χ3n) is 3.12. The van der Waals surface area contributed by atoms with Gasteiger partial charge in [0.05, 0.1) is 0 Å². The molecule has 5 heteroatoms. The highest BCUT2D eigenvalue weighted by molar-refractivity contribution is 5.47. The van der Waals surface area contributed by atoms with Gasteiger partial charge in [-0.2, -0.15) is 0 Å². The van der Waals surface area contributed by atoms with Crippen LogP contribution in [0.15, 0.2) is 39.9 Å². The lowest BCUT2D eigenvalue weighted by atomic mass is 10.2. The van der Waals surface area contributed by atoms with Crippen LogP contribution in [0.3, 0.4) is 0 Å². The van der Waals surface area contributed by atoms with Gasteiger partial charge in [-0.1, -0.05) is 50.3 Å². The number of hydrogen-bond donors (Lipinski definition) is 1. The second-order valence-electron chi connectivity index (χ2n) is 5.22. The summed E-state index contributed by atoms with van der Waals surface area (Å²) in [6, 6.07) is 9.06. The maximum absolute atomic E-state index is 12.3. The zero-order valence-electron chi connectivity index (χ0n) is 12.3. The number of rotatable bonds is 2. The normalized spacial score (nSPS) is 13.1. The molecule has 0 atom stereocenters. The van der Waals surface area contributed by atoms with Crippen molar-refractivity contribution in [3.05, 3.63) is 67.3 Å². The Labute approximate surface area is 121 Å². The minimum Gasteiger partial charge on any atom is -0.425 e. The van der Waals surface area contributed by atoms with E-state index >= 15 is 0 Å². The number of nitrogens with zero attached hydrogens (tertiary/aromatic N) is 2. The van der Waals surface area contributed by atoms with Crippen molar-refractivity contribution in [2.45, 2.75) is 13.8 Å². The molecule has 0 saturated heterocycles. The molecule has 5 nitrogen and oxygen atoms in total. The van der Waals surface area contributed by atoms with Gasteiger partial charge in [0.15, 0.2) is 0 Å². The summed E-state index contributed by atoms with van der Waals surface area (Å²) in [6.07, 6.45) is 3.14. The second-order valence-corrected chi connectivity index (χ2v) is 5.22. The monoisotopic (exact) mass is 286 g/mol. The molecule has 0 saturated carbocycles. The zero-order chi connectivity index (χ0) is 15.6. The smallest absolute Gasteiger partial charge is 0.307 e. The molecule has 21 heavy (non-hydrogen) atoms. The SMILES string of the molecule is CC(C)/C=c1\c(=O)n(O)/c(=C/c2ccccc2)c(=O)n1C. The van der Waals surface area contributed by atoms with E-state index in [-0.39, 0.29) is 16.6 Å². The van der Waals surface area contributed by atoms with Crippen LogP contribution in [0.2, 0.25) is 0 Å². The Morgan fingerprint density at radius 1 is 1.05 bits per heavy atom. The average molecular weight is 286 g/mol. The Morgan fingerprint density at radius 3 is 2.24 bits per heavy atom. The lowest BCUT2D eigenvalue weighted by Crippen LogP contribution is -2.57. The van der Waals surface area contributed by atoms with Crippen LogP contribution in [0.5, 0.6) is 0 Å². The molecule has 0 aliphatic carbocycles. The van der Waals surface area contributed by atoms with Crippen LogP contribution < -0.4 is 21.8 Å². The van der Waals surface area contributed by atoms with Crippen molar-refractivity contribution in [1.82, 2.24) is 9.30 Å². The maximum Gasteiger partial charge on any atom is 0.307 e. The van der Waals surface area contributed by atoms with E-state index in [2.05, 4.69) is 0 Å². The molecule has 0 fully saturated rings. The van der Waals surface area contributed by atoms with Gasteiger partial charge in [-0.3, -0.25) is 9.59 Å².